The molecule has 11 heavy (non-hydrogen) atoms. The SMILES string of the molecule is CC(C)COCC(C)C.[B].[V]. The van der Waals surface area contributed by atoms with Crippen LogP contribution in [0.5, 0.6) is 0 Å². The van der Waals surface area contributed by atoms with Gasteiger partial charge in [-0.1, -0.05) is 27.7 Å². The number of ether oxygens (including phenoxy) is 1. The predicted molar refractivity (Wildman–Crippen MR) is 46.2 cm³/mol. The van der Waals surface area contributed by atoms with E-state index in [1.54, 1.807) is 0 Å². The first-order valence-corrected chi connectivity index (χ1v) is 3.70. The van der Waals surface area contributed by atoms with Gasteiger partial charge in [-0.05, 0) is 11.8 Å². The van der Waals surface area contributed by atoms with Crippen molar-refractivity contribution in [3.05, 3.63) is 0 Å². The minimum atomic E-state index is 0. The van der Waals surface area contributed by atoms with Crippen LogP contribution in [0.3, 0.4) is 0 Å². The quantitative estimate of drug-likeness (QED) is 0.618. The van der Waals surface area contributed by atoms with Crippen LogP contribution < -0.4 is 0 Å². The Labute approximate surface area is 84.7 Å². The van der Waals surface area contributed by atoms with Gasteiger partial charge in [0.05, 0.1) is 0 Å². The molecular formula is C8H18BOV. The second-order valence-corrected chi connectivity index (χ2v) is 3.33. The Balaban J connectivity index is -0.000000320. The summed E-state index contributed by atoms with van der Waals surface area (Å²) in [7, 11) is 0. The van der Waals surface area contributed by atoms with Gasteiger partial charge in [0.15, 0.2) is 0 Å². The van der Waals surface area contributed by atoms with Gasteiger partial charge in [0.1, 0.15) is 0 Å². The summed E-state index contributed by atoms with van der Waals surface area (Å²) in [6, 6.07) is 0. The summed E-state index contributed by atoms with van der Waals surface area (Å²) < 4.78 is 5.36. The van der Waals surface area contributed by atoms with Crippen LogP contribution in [0.4, 0.5) is 0 Å². The standard InChI is InChI=1S/C8H18O.B.V/c1-7(2)5-9-6-8(3)4;;/h7-8H,5-6H2,1-4H3;;. The third-order valence-corrected chi connectivity index (χ3v) is 0.902. The molecule has 0 amide bonds. The molecule has 0 aromatic rings. The average molecular weight is 192 g/mol. The molecule has 0 aliphatic heterocycles. The van der Waals surface area contributed by atoms with Crippen LogP contribution >= 0.6 is 0 Å². The normalized spacial score (nSPS) is 9.27. The topological polar surface area (TPSA) is 9.23 Å². The van der Waals surface area contributed by atoms with Gasteiger partial charge in [0.2, 0.25) is 0 Å². The summed E-state index contributed by atoms with van der Waals surface area (Å²) in [6.07, 6.45) is 0. The molecule has 0 rings (SSSR count). The third kappa shape index (κ3) is 18.0. The van der Waals surface area contributed by atoms with Gasteiger partial charge in [-0.3, -0.25) is 0 Å². The van der Waals surface area contributed by atoms with E-state index < -0.39 is 0 Å². The zero-order valence-corrected chi connectivity index (χ0v) is 9.40. The molecule has 0 fully saturated rings. The summed E-state index contributed by atoms with van der Waals surface area (Å²) >= 11 is 0. The van der Waals surface area contributed by atoms with E-state index in [1.165, 1.54) is 0 Å². The van der Waals surface area contributed by atoms with E-state index >= 15 is 0 Å². The summed E-state index contributed by atoms with van der Waals surface area (Å²) in [6.45, 7) is 10.5. The van der Waals surface area contributed by atoms with Gasteiger partial charge >= 0.3 is 0 Å². The first-order chi connectivity index (χ1) is 4.13. The van der Waals surface area contributed by atoms with Crippen molar-refractivity contribution in [2.75, 3.05) is 13.2 Å². The zero-order valence-electron chi connectivity index (χ0n) is 8.00. The average Bonchev–Trinajstić information content (AvgIpc) is 1.63. The molecule has 0 aliphatic carbocycles. The van der Waals surface area contributed by atoms with Crippen LogP contribution in [0.15, 0.2) is 0 Å². The van der Waals surface area contributed by atoms with Crippen molar-refractivity contribution in [1.29, 1.82) is 0 Å². The van der Waals surface area contributed by atoms with Crippen LogP contribution in [0.2, 0.25) is 0 Å². The summed E-state index contributed by atoms with van der Waals surface area (Å²) in [5, 5.41) is 0. The molecule has 0 atom stereocenters. The molecule has 0 aromatic carbocycles. The van der Waals surface area contributed by atoms with Crippen molar-refractivity contribution >= 4 is 8.41 Å². The summed E-state index contributed by atoms with van der Waals surface area (Å²) in [5.41, 5.74) is 0. The number of rotatable bonds is 4. The molecule has 0 bridgehead atoms. The fourth-order valence-electron chi connectivity index (χ4n) is 0.539. The Bertz CT molecular complexity index is 59.1. The van der Waals surface area contributed by atoms with Crippen LogP contribution in [-0.4, -0.2) is 21.6 Å². The molecule has 0 saturated carbocycles. The smallest absolute Gasteiger partial charge is 0.0489 e. The monoisotopic (exact) mass is 192 g/mol. The van der Waals surface area contributed by atoms with E-state index in [1.807, 2.05) is 0 Å². The van der Waals surface area contributed by atoms with Gasteiger partial charge in [-0.2, -0.15) is 0 Å². The number of hydrogen-bond acceptors (Lipinski definition) is 1. The van der Waals surface area contributed by atoms with Gasteiger partial charge < -0.3 is 4.74 Å². The molecule has 0 unspecified atom stereocenters. The van der Waals surface area contributed by atoms with Gasteiger partial charge in [0, 0.05) is 40.2 Å². The van der Waals surface area contributed by atoms with E-state index in [4.69, 9.17) is 4.74 Å². The minimum absolute atomic E-state index is 0. The number of hydrogen-bond donors (Lipinski definition) is 0. The molecule has 0 heterocycles. The maximum atomic E-state index is 5.36. The van der Waals surface area contributed by atoms with E-state index in [-0.39, 0.29) is 27.0 Å². The van der Waals surface area contributed by atoms with E-state index in [0.29, 0.717) is 11.8 Å². The molecule has 0 N–H and O–H groups in total. The summed E-state index contributed by atoms with van der Waals surface area (Å²) in [4.78, 5) is 0. The first-order valence-electron chi connectivity index (χ1n) is 3.70. The van der Waals surface area contributed by atoms with Crippen molar-refractivity contribution in [3.8, 4) is 0 Å². The molecule has 0 aromatic heterocycles. The van der Waals surface area contributed by atoms with Gasteiger partial charge in [-0.15, -0.1) is 0 Å². The van der Waals surface area contributed by atoms with Crippen LogP contribution in [0.25, 0.3) is 0 Å². The Morgan fingerprint density at radius 3 is 1.36 bits per heavy atom. The minimum Gasteiger partial charge on any atom is -0.381 e. The maximum Gasteiger partial charge on any atom is 0.0489 e. The second-order valence-electron chi connectivity index (χ2n) is 3.33. The Morgan fingerprint density at radius 1 is 0.909 bits per heavy atom. The van der Waals surface area contributed by atoms with Crippen LogP contribution in [0.1, 0.15) is 27.7 Å². The largest absolute Gasteiger partial charge is 0.381 e. The van der Waals surface area contributed by atoms with Crippen molar-refractivity contribution in [2.45, 2.75) is 27.7 Å². The summed E-state index contributed by atoms with van der Waals surface area (Å²) in [5.74, 6) is 1.34. The molecule has 4 radical (unpaired) electrons. The molecule has 0 aliphatic rings. The first kappa shape index (κ1) is 17.6. The van der Waals surface area contributed by atoms with Gasteiger partial charge in [0.25, 0.3) is 0 Å². The molecule has 64 valence electrons. The van der Waals surface area contributed by atoms with Crippen molar-refractivity contribution < 1.29 is 23.3 Å². The second kappa shape index (κ2) is 10.6. The Kier molecular flexibility index (Phi) is 17.0. The van der Waals surface area contributed by atoms with E-state index in [9.17, 15) is 0 Å². The molecule has 0 spiro atoms. The molecule has 1 nitrogen and oxygen atoms in total. The Morgan fingerprint density at radius 2 is 1.18 bits per heavy atom. The van der Waals surface area contributed by atoms with E-state index in [2.05, 4.69) is 27.7 Å². The van der Waals surface area contributed by atoms with E-state index in [0.717, 1.165) is 13.2 Å². The molecular weight excluding hydrogens is 174 g/mol. The maximum absolute atomic E-state index is 5.36. The molecule has 3 heteroatoms. The fourth-order valence-corrected chi connectivity index (χ4v) is 0.539. The van der Waals surface area contributed by atoms with Crippen molar-refractivity contribution in [3.63, 3.8) is 0 Å². The zero-order chi connectivity index (χ0) is 7.28. The van der Waals surface area contributed by atoms with Crippen molar-refractivity contribution in [2.24, 2.45) is 11.8 Å². The van der Waals surface area contributed by atoms with Crippen molar-refractivity contribution in [1.82, 2.24) is 0 Å². The molecule has 0 saturated heterocycles. The fraction of sp³-hybridized carbons (Fsp3) is 1.00. The van der Waals surface area contributed by atoms with Gasteiger partial charge in [-0.25, -0.2) is 0 Å². The third-order valence-electron chi connectivity index (χ3n) is 0.902. The Hall–Kier alpha value is 0.609. The van der Waals surface area contributed by atoms with Crippen LogP contribution in [0, 0.1) is 11.8 Å². The van der Waals surface area contributed by atoms with Crippen LogP contribution in [-0.2, 0) is 23.3 Å². The predicted octanol–water partition coefficient (Wildman–Crippen LogP) is 1.93.